The Labute approximate surface area is 73.3 Å². The Kier molecular flexibility index (Phi) is 3.12. The highest BCUT2D eigenvalue weighted by atomic mass is 16.7. The number of ether oxygens (including phenoxy) is 3. The standard InChI is InChI=1S/C9H16O3/c1-4-10-5-9(3)6-11-8(2)12-7-9/h4,8H,1,5-7H2,2-3H3. The van der Waals surface area contributed by atoms with Crippen molar-refractivity contribution in [3.63, 3.8) is 0 Å². The molecule has 70 valence electrons. The van der Waals surface area contributed by atoms with Crippen LogP contribution < -0.4 is 0 Å². The summed E-state index contributed by atoms with van der Waals surface area (Å²) in [6.07, 6.45) is 1.37. The molecule has 1 fully saturated rings. The summed E-state index contributed by atoms with van der Waals surface area (Å²) in [4.78, 5) is 0. The molecule has 1 rings (SSSR count). The van der Waals surface area contributed by atoms with Crippen LogP contribution in [0.5, 0.6) is 0 Å². The van der Waals surface area contributed by atoms with Crippen LogP contribution in [0.1, 0.15) is 13.8 Å². The molecule has 1 aliphatic heterocycles. The van der Waals surface area contributed by atoms with Crippen LogP contribution in [0.4, 0.5) is 0 Å². The molecule has 0 aromatic heterocycles. The highest BCUT2D eigenvalue weighted by Gasteiger charge is 2.31. The molecule has 1 aliphatic rings. The lowest BCUT2D eigenvalue weighted by molar-refractivity contribution is -0.223. The van der Waals surface area contributed by atoms with E-state index in [1.165, 1.54) is 6.26 Å². The molecule has 0 spiro atoms. The summed E-state index contributed by atoms with van der Waals surface area (Å²) in [6.45, 7) is 9.42. The van der Waals surface area contributed by atoms with Crippen LogP contribution >= 0.6 is 0 Å². The van der Waals surface area contributed by atoms with Crippen LogP contribution in [0.3, 0.4) is 0 Å². The Morgan fingerprint density at radius 1 is 1.58 bits per heavy atom. The zero-order valence-corrected chi connectivity index (χ0v) is 7.71. The average molecular weight is 172 g/mol. The maximum Gasteiger partial charge on any atom is 0.154 e. The largest absolute Gasteiger partial charge is 0.501 e. The van der Waals surface area contributed by atoms with E-state index in [0.29, 0.717) is 19.8 Å². The minimum absolute atomic E-state index is 0.0271. The highest BCUT2D eigenvalue weighted by molar-refractivity contribution is 4.76. The summed E-state index contributed by atoms with van der Waals surface area (Å²) in [6, 6.07) is 0. The molecule has 0 amide bonds. The smallest absolute Gasteiger partial charge is 0.154 e. The lowest BCUT2D eigenvalue weighted by Gasteiger charge is -2.35. The SMILES string of the molecule is C=COCC1(C)COC(C)OC1. The molecule has 3 nitrogen and oxygen atoms in total. The van der Waals surface area contributed by atoms with Crippen LogP contribution in [0, 0.1) is 5.41 Å². The average Bonchev–Trinajstić information content (AvgIpc) is 2.08. The van der Waals surface area contributed by atoms with Gasteiger partial charge in [-0.05, 0) is 6.92 Å². The molecule has 0 N–H and O–H groups in total. The van der Waals surface area contributed by atoms with E-state index in [0.717, 1.165) is 0 Å². The maximum absolute atomic E-state index is 5.35. The van der Waals surface area contributed by atoms with Gasteiger partial charge in [-0.15, -0.1) is 0 Å². The molecule has 0 aromatic carbocycles. The van der Waals surface area contributed by atoms with Gasteiger partial charge in [0.05, 0.1) is 26.1 Å². The van der Waals surface area contributed by atoms with Crippen LogP contribution in [-0.4, -0.2) is 26.1 Å². The van der Waals surface area contributed by atoms with Crippen molar-refractivity contribution in [2.24, 2.45) is 5.41 Å². The second kappa shape index (κ2) is 3.92. The fraction of sp³-hybridized carbons (Fsp3) is 0.778. The third-order valence-electron chi connectivity index (χ3n) is 1.88. The fourth-order valence-corrected chi connectivity index (χ4v) is 1.07. The molecule has 0 radical (unpaired) electrons. The third kappa shape index (κ3) is 2.50. The first-order valence-corrected chi connectivity index (χ1v) is 4.12. The molecule has 0 bridgehead atoms. The third-order valence-corrected chi connectivity index (χ3v) is 1.88. The van der Waals surface area contributed by atoms with Crippen molar-refractivity contribution in [2.75, 3.05) is 19.8 Å². The summed E-state index contributed by atoms with van der Waals surface area (Å²) in [5.41, 5.74) is -0.0271. The summed E-state index contributed by atoms with van der Waals surface area (Å²) < 4.78 is 15.8. The molecule has 0 saturated carbocycles. The second-order valence-electron chi connectivity index (χ2n) is 3.48. The number of hydrogen-bond acceptors (Lipinski definition) is 3. The normalized spacial score (nSPS) is 36.0. The molecule has 12 heavy (non-hydrogen) atoms. The van der Waals surface area contributed by atoms with Gasteiger partial charge in [0.15, 0.2) is 6.29 Å². The molecule has 1 heterocycles. The summed E-state index contributed by atoms with van der Waals surface area (Å²) in [5, 5.41) is 0. The van der Waals surface area contributed by atoms with E-state index >= 15 is 0 Å². The van der Waals surface area contributed by atoms with Crippen molar-refractivity contribution >= 4 is 0 Å². The van der Waals surface area contributed by atoms with Crippen LogP contribution in [0.2, 0.25) is 0 Å². The predicted octanol–water partition coefficient (Wildman–Crippen LogP) is 1.55. The minimum atomic E-state index is -0.0817. The molecule has 3 heteroatoms. The van der Waals surface area contributed by atoms with Gasteiger partial charge in [-0.25, -0.2) is 0 Å². The quantitative estimate of drug-likeness (QED) is 0.604. The first-order chi connectivity index (χ1) is 5.66. The highest BCUT2D eigenvalue weighted by Crippen LogP contribution is 2.24. The van der Waals surface area contributed by atoms with Crippen LogP contribution in [0.15, 0.2) is 12.8 Å². The number of hydrogen-bond donors (Lipinski definition) is 0. The Balaban J connectivity index is 2.33. The molecule has 0 aliphatic carbocycles. The summed E-state index contributed by atoms with van der Waals surface area (Å²) >= 11 is 0. The number of rotatable bonds is 3. The maximum atomic E-state index is 5.35. The van der Waals surface area contributed by atoms with Gasteiger partial charge in [0, 0.05) is 5.41 Å². The Bertz CT molecular complexity index is 148. The van der Waals surface area contributed by atoms with E-state index < -0.39 is 0 Å². The molecule has 0 aromatic rings. The summed E-state index contributed by atoms with van der Waals surface area (Å²) in [5.74, 6) is 0. The molecule has 0 atom stereocenters. The van der Waals surface area contributed by atoms with Crippen molar-refractivity contribution in [1.29, 1.82) is 0 Å². The van der Waals surface area contributed by atoms with Crippen molar-refractivity contribution in [1.82, 2.24) is 0 Å². The Hall–Kier alpha value is -0.540. The van der Waals surface area contributed by atoms with Crippen molar-refractivity contribution in [3.8, 4) is 0 Å². The van der Waals surface area contributed by atoms with E-state index in [-0.39, 0.29) is 11.7 Å². The minimum Gasteiger partial charge on any atom is -0.501 e. The predicted molar refractivity (Wildman–Crippen MR) is 45.6 cm³/mol. The zero-order chi connectivity index (χ0) is 9.03. The van der Waals surface area contributed by atoms with Crippen molar-refractivity contribution < 1.29 is 14.2 Å². The van der Waals surface area contributed by atoms with Gasteiger partial charge in [0.2, 0.25) is 0 Å². The lowest BCUT2D eigenvalue weighted by Crippen LogP contribution is -2.41. The first-order valence-electron chi connectivity index (χ1n) is 4.12. The molecular weight excluding hydrogens is 156 g/mol. The van der Waals surface area contributed by atoms with Gasteiger partial charge in [-0.1, -0.05) is 13.5 Å². The van der Waals surface area contributed by atoms with Crippen LogP contribution in [0.25, 0.3) is 0 Å². The topological polar surface area (TPSA) is 27.7 Å². The fourth-order valence-electron chi connectivity index (χ4n) is 1.07. The summed E-state index contributed by atoms with van der Waals surface area (Å²) in [7, 11) is 0. The van der Waals surface area contributed by atoms with Gasteiger partial charge < -0.3 is 14.2 Å². The first kappa shape index (κ1) is 9.55. The van der Waals surface area contributed by atoms with Crippen molar-refractivity contribution in [3.05, 3.63) is 12.8 Å². The molecule has 0 unspecified atom stereocenters. The van der Waals surface area contributed by atoms with Crippen molar-refractivity contribution in [2.45, 2.75) is 20.1 Å². The van der Waals surface area contributed by atoms with E-state index in [1.54, 1.807) is 0 Å². The van der Waals surface area contributed by atoms with E-state index in [9.17, 15) is 0 Å². The van der Waals surface area contributed by atoms with Gasteiger partial charge >= 0.3 is 0 Å². The van der Waals surface area contributed by atoms with Gasteiger partial charge in [-0.3, -0.25) is 0 Å². The Morgan fingerprint density at radius 2 is 2.17 bits per heavy atom. The van der Waals surface area contributed by atoms with E-state index in [1.807, 2.05) is 6.92 Å². The van der Waals surface area contributed by atoms with Crippen LogP contribution in [-0.2, 0) is 14.2 Å². The Morgan fingerprint density at radius 3 is 2.67 bits per heavy atom. The van der Waals surface area contributed by atoms with Gasteiger partial charge in [0.25, 0.3) is 0 Å². The second-order valence-corrected chi connectivity index (χ2v) is 3.48. The van der Waals surface area contributed by atoms with Gasteiger partial charge in [-0.2, -0.15) is 0 Å². The van der Waals surface area contributed by atoms with E-state index in [2.05, 4.69) is 13.5 Å². The molecular formula is C9H16O3. The molecule has 1 saturated heterocycles. The zero-order valence-electron chi connectivity index (χ0n) is 7.71. The van der Waals surface area contributed by atoms with Gasteiger partial charge in [0.1, 0.15) is 0 Å². The lowest BCUT2D eigenvalue weighted by atomic mass is 9.93. The monoisotopic (exact) mass is 172 g/mol. The van der Waals surface area contributed by atoms with E-state index in [4.69, 9.17) is 14.2 Å².